The first kappa shape index (κ1) is 14.1. The van der Waals surface area contributed by atoms with E-state index in [1.54, 1.807) is 0 Å². The molecule has 3 nitrogen and oxygen atoms in total. The minimum atomic E-state index is 0.139. The average Bonchev–Trinajstić information content (AvgIpc) is 3.04. The highest BCUT2D eigenvalue weighted by Crippen LogP contribution is 2.25. The molecule has 1 aliphatic rings. The Balaban J connectivity index is 2.02. The van der Waals surface area contributed by atoms with E-state index in [1.165, 1.54) is 11.3 Å². The van der Waals surface area contributed by atoms with Crippen molar-refractivity contribution in [3.63, 3.8) is 0 Å². The van der Waals surface area contributed by atoms with E-state index in [-0.39, 0.29) is 5.91 Å². The molecular formula is C15H20N2OS. The summed E-state index contributed by atoms with van der Waals surface area (Å²) in [7, 11) is 0. The van der Waals surface area contributed by atoms with Gasteiger partial charge in [-0.3, -0.25) is 4.79 Å². The molecule has 19 heavy (non-hydrogen) atoms. The Morgan fingerprint density at radius 3 is 3.05 bits per heavy atom. The number of nitrogens with two attached hydrogens (primary N) is 1. The van der Waals surface area contributed by atoms with Gasteiger partial charge in [-0.2, -0.15) is 0 Å². The number of nitrogens with zero attached hydrogens (tertiary/aromatic N) is 1. The summed E-state index contributed by atoms with van der Waals surface area (Å²) >= 11 is 1.51. The molecule has 1 unspecified atom stereocenters. The molecule has 1 saturated heterocycles. The second-order valence-electron chi connectivity index (χ2n) is 5.25. The number of likely N-dealkylation sites (tertiary alicyclic amines) is 1. The van der Waals surface area contributed by atoms with Crippen LogP contribution in [0.15, 0.2) is 11.4 Å². The van der Waals surface area contributed by atoms with Gasteiger partial charge in [0.15, 0.2) is 0 Å². The molecule has 102 valence electrons. The van der Waals surface area contributed by atoms with Gasteiger partial charge in [-0.1, -0.05) is 25.7 Å². The lowest BCUT2D eigenvalue weighted by Crippen LogP contribution is -2.29. The first-order valence-corrected chi connectivity index (χ1v) is 7.56. The van der Waals surface area contributed by atoms with Crippen molar-refractivity contribution in [1.82, 2.24) is 4.90 Å². The molecule has 2 heterocycles. The van der Waals surface area contributed by atoms with Gasteiger partial charge in [-0.15, -0.1) is 11.3 Å². The lowest BCUT2D eigenvalue weighted by atomic mass is 9.95. The van der Waals surface area contributed by atoms with Crippen LogP contribution in [0.25, 0.3) is 0 Å². The predicted octanol–water partition coefficient (Wildman–Crippen LogP) is 2.18. The van der Waals surface area contributed by atoms with E-state index in [9.17, 15) is 4.79 Å². The van der Waals surface area contributed by atoms with Gasteiger partial charge in [0.25, 0.3) is 5.91 Å². The first-order chi connectivity index (χ1) is 9.11. The normalized spacial score (nSPS) is 18.5. The Labute approximate surface area is 118 Å². The van der Waals surface area contributed by atoms with Crippen molar-refractivity contribution in [2.45, 2.75) is 20.3 Å². The maximum Gasteiger partial charge on any atom is 0.254 e. The Morgan fingerprint density at radius 1 is 1.63 bits per heavy atom. The van der Waals surface area contributed by atoms with E-state index in [2.05, 4.69) is 25.7 Å². The fourth-order valence-corrected chi connectivity index (χ4v) is 3.10. The van der Waals surface area contributed by atoms with Crippen LogP contribution in [0, 0.1) is 23.7 Å². The third-order valence-electron chi connectivity index (χ3n) is 3.61. The zero-order valence-corrected chi connectivity index (χ0v) is 12.3. The maximum absolute atomic E-state index is 12.4. The summed E-state index contributed by atoms with van der Waals surface area (Å²) in [5, 5.41) is 1.89. The van der Waals surface area contributed by atoms with Gasteiger partial charge in [0.05, 0.1) is 17.0 Å². The highest BCUT2D eigenvalue weighted by atomic mass is 32.1. The van der Waals surface area contributed by atoms with Crippen LogP contribution in [0.5, 0.6) is 0 Å². The summed E-state index contributed by atoms with van der Waals surface area (Å²) in [5.74, 6) is 7.20. The maximum atomic E-state index is 12.4. The highest BCUT2D eigenvalue weighted by Gasteiger charge is 2.28. The summed E-state index contributed by atoms with van der Waals surface area (Å²) < 4.78 is 0. The van der Waals surface area contributed by atoms with Crippen molar-refractivity contribution in [3.8, 4) is 11.8 Å². The van der Waals surface area contributed by atoms with Crippen LogP contribution in [0.4, 0.5) is 0 Å². The lowest BCUT2D eigenvalue weighted by molar-refractivity contribution is 0.0784. The Hall–Kier alpha value is -1.31. The molecule has 1 atom stereocenters. The fraction of sp³-hybridized carbons (Fsp3) is 0.533. The van der Waals surface area contributed by atoms with E-state index in [0.29, 0.717) is 18.4 Å². The number of hydrogen-bond acceptors (Lipinski definition) is 3. The van der Waals surface area contributed by atoms with Crippen LogP contribution in [-0.2, 0) is 0 Å². The van der Waals surface area contributed by atoms with Gasteiger partial charge >= 0.3 is 0 Å². The van der Waals surface area contributed by atoms with Crippen molar-refractivity contribution in [1.29, 1.82) is 0 Å². The van der Waals surface area contributed by atoms with Crippen molar-refractivity contribution < 1.29 is 4.79 Å². The van der Waals surface area contributed by atoms with Gasteiger partial charge in [-0.25, -0.2) is 0 Å². The summed E-state index contributed by atoms with van der Waals surface area (Å²) in [6.45, 7) is 6.56. The van der Waals surface area contributed by atoms with Crippen LogP contribution < -0.4 is 5.73 Å². The van der Waals surface area contributed by atoms with Crippen LogP contribution in [0.2, 0.25) is 0 Å². The van der Waals surface area contributed by atoms with E-state index in [1.807, 2.05) is 16.3 Å². The molecule has 2 rings (SSSR count). The average molecular weight is 276 g/mol. The molecule has 1 aromatic rings. The van der Waals surface area contributed by atoms with Gasteiger partial charge < -0.3 is 10.6 Å². The largest absolute Gasteiger partial charge is 0.338 e. The molecule has 0 saturated carbocycles. The molecule has 0 spiro atoms. The number of carbonyl (C=O) groups is 1. The molecular weight excluding hydrogens is 256 g/mol. The summed E-state index contributed by atoms with van der Waals surface area (Å²) in [5.41, 5.74) is 6.10. The molecule has 1 fully saturated rings. The van der Waals surface area contributed by atoms with E-state index >= 15 is 0 Å². The molecule has 0 bridgehead atoms. The molecule has 1 aliphatic heterocycles. The van der Waals surface area contributed by atoms with Crippen LogP contribution in [0.1, 0.15) is 35.5 Å². The van der Waals surface area contributed by atoms with Crippen molar-refractivity contribution in [2.24, 2.45) is 17.6 Å². The third kappa shape index (κ3) is 3.37. The molecule has 0 aromatic carbocycles. The number of rotatable bonds is 2. The van der Waals surface area contributed by atoms with Crippen LogP contribution >= 0.6 is 11.3 Å². The number of amides is 1. The van der Waals surface area contributed by atoms with E-state index in [4.69, 9.17) is 5.73 Å². The monoisotopic (exact) mass is 276 g/mol. The van der Waals surface area contributed by atoms with E-state index in [0.717, 1.165) is 30.0 Å². The second-order valence-corrected chi connectivity index (χ2v) is 6.16. The number of hydrogen-bond donors (Lipinski definition) is 1. The topological polar surface area (TPSA) is 46.3 Å². The second kappa shape index (κ2) is 6.23. The summed E-state index contributed by atoms with van der Waals surface area (Å²) in [4.78, 5) is 15.2. The third-order valence-corrected chi connectivity index (χ3v) is 4.46. The number of thiophene rings is 1. The molecule has 1 aromatic heterocycles. The van der Waals surface area contributed by atoms with Crippen molar-refractivity contribution in [3.05, 3.63) is 21.9 Å². The minimum absolute atomic E-state index is 0.139. The van der Waals surface area contributed by atoms with Gasteiger partial charge in [0.2, 0.25) is 0 Å². The highest BCUT2D eigenvalue weighted by molar-refractivity contribution is 7.10. The quantitative estimate of drug-likeness (QED) is 0.842. The van der Waals surface area contributed by atoms with Gasteiger partial charge in [-0.05, 0) is 24.3 Å². The zero-order valence-electron chi connectivity index (χ0n) is 11.5. The summed E-state index contributed by atoms with van der Waals surface area (Å²) in [6, 6.07) is 1.87. The van der Waals surface area contributed by atoms with Gasteiger partial charge in [0, 0.05) is 18.5 Å². The molecule has 2 N–H and O–H groups in total. The van der Waals surface area contributed by atoms with Crippen molar-refractivity contribution >= 4 is 17.2 Å². The minimum Gasteiger partial charge on any atom is -0.338 e. The predicted molar refractivity (Wildman–Crippen MR) is 79.1 cm³/mol. The fourth-order valence-electron chi connectivity index (χ4n) is 2.35. The Kier molecular flexibility index (Phi) is 4.62. The van der Waals surface area contributed by atoms with Crippen LogP contribution in [-0.4, -0.2) is 30.4 Å². The molecule has 1 amide bonds. The molecule has 0 aliphatic carbocycles. The Bertz CT molecular complexity index is 510. The molecule has 4 heteroatoms. The van der Waals surface area contributed by atoms with Crippen molar-refractivity contribution in [2.75, 3.05) is 19.6 Å². The SMILES string of the molecule is CC(C)C1CCN(C(=O)c2csc(C#CCN)c2)C1. The standard InChI is InChI=1S/C15H20N2OS/c1-11(2)12-5-7-17(9-12)15(18)13-8-14(19-10-13)4-3-6-16/h8,10-12H,5-7,9,16H2,1-2H3. The summed E-state index contributed by atoms with van der Waals surface area (Å²) in [6.07, 6.45) is 1.12. The molecule has 0 radical (unpaired) electrons. The van der Waals surface area contributed by atoms with Gasteiger partial charge in [0.1, 0.15) is 0 Å². The lowest BCUT2D eigenvalue weighted by Gasteiger charge is -2.17. The zero-order chi connectivity index (χ0) is 13.8. The first-order valence-electron chi connectivity index (χ1n) is 6.68. The van der Waals surface area contributed by atoms with E-state index < -0.39 is 0 Å². The number of carbonyl (C=O) groups excluding carboxylic acids is 1. The van der Waals surface area contributed by atoms with Crippen LogP contribution in [0.3, 0.4) is 0 Å². The Morgan fingerprint density at radius 2 is 2.42 bits per heavy atom. The smallest absolute Gasteiger partial charge is 0.254 e.